The molecule has 0 atom stereocenters. The summed E-state index contributed by atoms with van der Waals surface area (Å²) in [5.74, 6) is 0. The van der Waals surface area contributed by atoms with Crippen molar-refractivity contribution < 1.29 is 0 Å². The van der Waals surface area contributed by atoms with Gasteiger partial charge in [-0.2, -0.15) is 0 Å². The van der Waals surface area contributed by atoms with Crippen LogP contribution in [0.4, 0.5) is 5.69 Å². The van der Waals surface area contributed by atoms with E-state index >= 15 is 0 Å². The molecule has 0 unspecified atom stereocenters. The lowest BCUT2D eigenvalue weighted by Gasteiger charge is -2.21. The minimum atomic E-state index is 0.545. The first-order chi connectivity index (χ1) is 6.50. The van der Waals surface area contributed by atoms with Crippen LogP contribution in [0.1, 0.15) is 19.4 Å². The van der Waals surface area contributed by atoms with Gasteiger partial charge < -0.3 is 5.73 Å². The Kier molecular flexibility index (Phi) is 3.96. The molecule has 0 heterocycles. The molecule has 3 heteroatoms. The Morgan fingerprint density at radius 1 is 1.43 bits per heavy atom. The summed E-state index contributed by atoms with van der Waals surface area (Å²) in [4.78, 5) is 2.28. The van der Waals surface area contributed by atoms with Gasteiger partial charge in [0.25, 0.3) is 0 Å². The summed E-state index contributed by atoms with van der Waals surface area (Å²) in [6.07, 6.45) is 0. The summed E-state index contributed by atoms with van der Waals surface area (Å²) in [5, 5.41) is 0. The Hall–Kier alpha value is -0.540. The Balaban J connectivity index is 2.80. The second-order valence-corrected chi connectivity index (χ2v) is 4.71. The molecule has 0 fully saturated rings. The molecule has 0 saturated carbocycles. The van der Waals surface area contributed by atoms with Crippen molar-refractivity contribution in [2.75, 3.05) is 12.8 Å². The number of nitrogens with two attached hydrogens (primary N) is 1. The maximum Gasteiger partial charge on any atom is 0.0318 e. The number of benzene rings is 1. The zero-order valence-corrected chi connectivity index (χ0v) is 10.5. The monoisotopic (exact) mass is 256 g/mol. The molecule has 0 aliphatic rings. The van der Waals surface area contributed by atoms with E-state index < -0.39 is 0 Å². The SMILES string of the molecule is CC(C)N(C)Cc1cc(N)ccc1Br. The molecule has 1 rings (SSSR count). The van der Waals surface area contributed by atoms with Crippen LogP contribution in [0.15, 0.2) is 22.7 Å². The van der Waals surface area contributed by atoms with Gasteiger partial charge >= 0.3 is 0 Å². The normalized spacial score (nSPS) is 11.3. The maximum atomic E-state index is 5.74. The van der Waals surface area contributed by atoms with E-state index in [-0.39, 0.29) is 0 Å². The third-order valence-corrected chi connectivity index (χ3v) is 3.14. The lowest BCUT2D eigenvalue weighted by molar-refractivity contribution is 0.265. The van der Waals surface area contributed by atoms with Crippen LogP contribution in [0.3, 0.4) is 0 Å². The van der Waals surface area contributed by atoms with Crippen LogP contribution >= 0.6 is 15.9 Å². The summed E-state index contributed by atoms with van der Waals surface area (Å²) in [7, 11) is 2.11. The molecule has 1 aromatic carbocycles. The number of hydrogen-bond donors (Lipinski definition) is 1. The Bertz CT molecular complexity index is 310. The fourth-order valence-electron chi connectivity index (χ4n) is 1.17. The average Bonchev–Trinajstić information content (AvgIpc) is 2.11. The van der Waals surface area contributed by atoms with E-state index in [0.29, 0.717) is 6.04 Å². The van der Waals surface area contributed by atoms with Gasteiger partial charge in [-0.05, 0) is 44.7 Å². The summed E-state index contributed by atoms with van der Waals surface area (Å²) in [6, 6.07) is 6.47. The standard InChI is InChI=1S/C11H17BrN2/c1-8(2)14(3)7-9-6-10(13)4-5-11(9)12/h4-6,8H,7,13H2,1-3H3. The zero-order chi connectivity index (χ0) is 10.7. The fourth-order valence-corrected chi connectivity index (χ4v) is 1.54. The van der Waals surface area contributed by atoms with Gasteiger partial charge in [0.05, 0.1) is 0 Å². The van der Waals surface area contributed by atoms with Gasteiger partial charge in [0.15, 0.2) is 0 Å². The molecular formula is C11H17BrN2. The lowest BCUT2D eigenvalue weighted by atomic mass is 10.2. The first-order valence-electron chi connectivity index (χ1n) is 4.75. The van der Waals surface area contributed by atoms with Gasteiger partial charge in [0.1, 0.15) is 0 Å². The smallest absolute Gasteiger partial charge is 0.0318 e. The maximum absolute atomic E-state index is 5.74. The van der Waals surface area contributed by atoms with Crippen LogP contribution in [0, 0.1) is 0 Å². The third kappa shape index (κ3) is 3.00. The predicted octanol–water partition coefficient (Wildman–Crippen LogP) is 2.87. The predicted molar refractivity (Wildman–Crippen MR) is 65.2 cm³/mol. The van der Waals surface area contributed by atoms with Crippen LogP contribution in [0.2, 0.25) is 0 Å². The highest BCUT2D eigenvalue weighted by molar-refractivity contribution is 9.10. The summed E-state index contributed by atoms with van der Waals surface area (Å²) >= 11 is 3.53. The van der Waals surface area contributed by atoms with Crippen LogP contribution in [0.5, 0.6) is 0 Å². The molecule has 0 saturated heterocycles. The van der Waals surface area contributed by atoms with Gasteiger partial charge in [0, 0.05) is 22.7 Å². The van der Waals surface area contributed by atoms with E-state index in [4.69, 9.17) is 5.73 Å². The highest BCUT2D eigenvalue weighted by atomic mass is 79.9. The highest BCUT2D eigenvalue weighted by Crippen LogP contribution is 2.21. The highest BCUT2D eigenvalue weighted by Gasteiger charge is 2.07. The number of anilines is 1. The zero-order valence-electron chi connectivity index (χ0n) is 8.92. The largest absolute Gasteiger partial charge is 0.399 e. The topological polar surface area (TPSA) is 29.3 Å². The Morgan fingerprint density at radius 2 is 2.07 bits per heavy atom. The lowest BCUT2D eigenvalue weighted by Crippen LogP contribution is -2.25. The van der Waals surface area contributed by atoms with E-state index in [9.17, 15) is 0 Å². The molecule has 78 valence electrons. The van der Waals surface area contributed by atoms with Gasteiger partial charge in [-0.15, -0.1) is 0 Å². The van der Waals surface area contributed by atoms with Crippen molar-refractivity contribution in [1.82, 2.24) is 4.90 Å². The fraction of sp³-hybridized carbons (Fsp3) is 0.455. The first-order valence-corrected chi connectivity index (χ1v) is 5.54. The van der Waals surface area contributed by atoms with Crippen LogP contribution in [-0.4, -0.2) is 18.0 Å². The van der Waals surface area contributed by atoms with Gasteiger partial charge in [0.2, 0.25) is 0 Å². The minimum absolute atomic E-state index is 0.545. The number of rotatable bonds is 3. The summed E-state index contributed by atoms with van der Waals surface area (Å²) in [5.41, 5.74) is 7.80. The Labute approximate surface area is 94.2 Å². The van der Waals surface area contributed by atoms with E-state index in [0.717, 1.165) is 16.7 Å². The molecule has 2 nitrogen and oxygen atoms in total. The minimum Gasteiger partial charge on any atom is -0.399 e. The number of halogens is 1. The molecule has 2 N–H and O–H groups in total. The van der Waals surface area contributed by atoms with Crippen LogP contribution in [0.25, 0.3) is 0 Å². The van der Waals surface area contributed by atoms with Gasteiger partial charge in [-0.25, -0.2) is 0 Å². The average molecular weight is 257 g/mol. The summed E-state index contributed by atoms with van der Waals surface area (Å²) in [6.45, 7) is 5.28. The molecule has 0 bridgehead atoms. The second-order valence-electron chi connectivity index (χ2n) is 3.86. The van der Waals surface area contributed by atoms with Crippen molar-refractivity contribution in [2.45, 2.75) is 26.4 Å². The van der Waals surface area contributed by atoms with Crippen molar-refractivity contribution in [3.05, 3.63) is 28.2 Å². The molecule has 0 aliphatic heterocycles. The quantitative estimate of drug-likeness (QED) is 0.843. The van der Waals surface area contributed by atoms with E-state index in [2.05, 4.69) is 41.7 Å². The van der Waals surface area contributed by atoms with Gasteiger partial charge in [-0.3, -0.25) is 4.90 Å². The molecule has 0 aliphatic carbocycles. The van der Waals surface area contributed by atoms with Crippen LogP contribution in [-0.2, 0) is 6.54 Å². The third-order valence-electron chi connectivity index (χ3n) is 2.37. The molecule has 0 radical (unpaired) electrons. The second kappa shape index (κ2) is 4.80. The van der Waals surface area contributed by atoms with Crippen molar-refractivity contribution >= 4 is 21.6 Å². The van der Waals surface area contributed by atoms with E-state index in [1.165, 1.54) is 5.56 Å². The van der Waals surface area contributed by atoms with Gasteiger partial charge in [-0.1, -0.05) is 15.9 Å². The number of hydrogen-bond acceptors (Lipinski definition) is 2. The van der Waals surface area contributed by atoms with E-state index in [1.54, 1.807) is 0 Å². The van der Waals surface area contributed by atoms with Crippen molar-refractivity contribution in [3.8, 4) is 0 Å². The Morgan fingerprint density at radius 3 is 2.64 bits per heavy atom. The molecular weight excluding hydrogens is 240 g/mol. The molecule has 14 heavy (non-hydrogen) atoms. The number of nitrogens with zero attached hydrogens (tertiary/aromatic N) is 1. The van der Waals surface area contributed by atoms with Crippen molar-refractivity contribution in [2.24, 2.45) is 0 Å². The summed E-state index contributed by atoms with van der Waals surface area (Å²) < 4.78 is 1.12. The molecule has 1 aromatic rings. The van der Waals surface area contributed by atoms with Crippen molar-refractivity contribution in [3.63, 3.8) is 0 Å². The van der Waals surface area contributed by atoms with E-state index in [1.807, 2.05) is 18.2 Å². The molecule has 0 spiro atoms. The molecule has 0 amide bonds. The van der Waals surface area contributed by atoms with Crippen LogP contribution < -0.4 is 5.73 Å². The first kappa shape index (κ1) is 11.5. The number of nitrogen functional groups attached to an aromatic ring is 1. The van der Waals surface area contributed by atoms with Crippen molar-refractivity contribution in [1.29, 1.82) is 0 Å². The molecule has 0 aromatic heterocycles.